The van der Waals surface area contributed by atoms with E-state index < -0.39 is 12.0 Å². The van der Waals surface area contributed by atoms with Gasteiger partial charge in [-0.25, -0.2) is 9.59 Å². The summed E-state index contributed by atoms with van der Waals surface area (Å²) in [5.41, 5.74) is 2.21. The summed E-state index contributed by atoms with van der Waals surface area (Å²) in [7, 11) is 4.73. The van der Waals surface area contributed by atoms with E-state index in [0.717, 1.165) is 0 Å². The number of hydrogen-bond donors (Lipinski definition) is 1. The fraction of sp³-hybridized carbons (Fsp3) is 0.393. The van der Waals surface area contributed by atoms with Crippen molar-refractivity contribution in [2.24, 2.45) is 0 Å². The van der Waals surface area contributed by atoms with Gasteiger partial charge in [-0.05, 0) is 36.8 Å². The van der Waals surface area contributed by atoms with Crippen LogP contribution < -0.4 is 14.8 Å². The summed E-state index contributed by atoms with van der Waals surface area (Å²) >= 11 is 0. The second-order valence-corrected chi connectivity index (χ2v) is 9.10. The van der Waals surface area contributed by atoms with Gasteiger partial charge in [-0.15, -0.1) is 0 Å². The molecule has 2 aliphatic rings. The van der Waals surface area contributed by atoms with Crippen LogP contribution in [0, 0.1) is 0 Å². The molecule has 2 aromatic carbocycles. The third-order valence-electron chi connectivity index (χ3n) is 6.83. The van der Waals surface area contributed by atoms with Gasteiger partial charge >= 0.3 is 12.0 Å². The molecule has 2 aromatic rings. The number of benzene rings is 2. The van der Waals surface area contributed by atoms with E-state index in [1.54, 1.807) is 46.4 Å². The molecular formula is C28H34N4O6. The van der Waals surface area contributed by atoms with Crippen LogP contribution in [0.15, 0.2) is 59.8 Å². The number of likely N-dealkylation sites (N-methyl/N-ethyl adjacent to an activating group) is 1. The molecule has 0 spiro atoms. The molecule has 1 unspecified atom stereocenters. The Morgan fingerprint density at radius 1 is 0.974 bits per heavy atom. The average molecular weight is 523 g/mol. The minimum atomic E-state index is -0.752. The number of urea groups is 1. The molecule has 10 nitrogen and oxygen atoms in total. The molecule has 1 N–H and O–H groups in total. The molecule has 202 valence electrons. The van der Waals surface area contributed by atoms with E-state index in [1.807, 2.05) is 35.2 Å². The lowest BCUT2D eigenvalue weighted by atomic mass is 9.93. The number of carbonyl (C=O) groups is 3. The van der Waals surface area contributed by atoms with Crippen LogP contribution in [0.3, 0.4) is 0 Å². The summed E-state index contributed by atoms with van der Waals surface area (Å²) < 4.78 is 16.3. The number of carbonyl (C=O) groups excluding carboxylic acids is 3. The standard InChI is InChI=1S/C28H34N4O6/c1-5-38-27(34)24-23(18-31-11-13-32(14-12-31)26(33)19-9-7-6-8-10-19)30(2)28(35)29-25(24)20-15-21(36-3)17-22(16-20)37-4/h6-10,15-17,25H,5,11-14,18H2,1-4H3,(H,29,35). The van der Waals surface area contributed by atoms with E-state index in [1.165, 1.54) is 4.90 Å². The first-order valence-corrected chi connectivity index (χ1v) is 12.6. The van der Waals surface area contributed by atoms with Crippen LogP contribution >= 0.6 is 0 Å². The molecule has 4 rings (SSSR count). The van der Waals surface area contributed by atoms with Crippen molar-refractivity contribution in [1.82, 2.24) is 20.0 Å². The fourth-order valence-electron chi connectivity index (χ4n) is 4.73. The van der Waals surface area contributed by atoms with Crippen LogP contribution in [0.2, 0.25) is 0 Å². The van der Waals surface area contributed by atoms with Crippen LogP contribution in [-0.2, 0) is 9.53 Å². The SMILES string of the molecule is CCOC(=O)C1=C(CN2CCN(C(=O)c3ccccc3)CC2)N(C)C(=O)NC1c1cc(OC)cc(OC)c1. The van der Waals surface area contributed by atoms with Crippen LogP contribution in [-0.4, -0.2) is 93.2 Å². The van der Waals surface area contributed by atoms with Gasteiger partial charge < -0.3 is 24.4 Å². The molecule has 0 radical (unpaired) electrons. The average Bonchev–Trinajstić information content (AvgIpc) is 2.95. The molecule has 2 heterocycles. The Hall–Kier alpha value is -4.05. The highest BCUT2D eigenvalue weighted by Gasteiger charge is 2.38. The van der Waals surface area contributed by atoms with Crippen molar-refractivity contribution in [3.8, 4) is 11.5 Å². The number of ether oxygens (including phenoxy) is 3. The third kappa shape index (κ3) is 5.75. The molecule has 0 bridgehead atoms. The second-order valence-electron chi connectivity index (χ2n) is 9.10. The smallest absolute Gasteiger partial charge is 0.338 e. The summed E-state index contributed by atoms with van der Waals surface area (Å²) in [6, 6.07) is 13.4. The lowest BCUT2D eigenvalue weighted by molar-refractivity contribution is -0.139. The summed E-state index contributed by atoms with van der Waals surface area (Å²) in [5.74, 6) is 0.574. The Labute approximate surface area is 222 Å². The van der Waals surface area contributed by atoms with E-state index in [9.17, 15) is 14.4 Å². The number of amides is 3. The minimum Gasteiger partial charge on any atom is -0.497 e. The largest absolute Gasteiger partial charge is 0.497 e. The van der Waals surface area contributed by atoms with E-state index in [0.29, 0.717) is 66.6 Å². The normalized spacial score (nSPS) is 18.2. The first-order valence-electron chi connectivity index (χ1n) is 12.6. The fourth-order valence-corrected chi connectivity index (χ4v) is 4.73. The van der Waals surface area contributed by atoms with E-state index in [4.69, 9.17) is 14.2 Å². The highest BCUT2D eigenvalue weighted by atomic mass is 16.5. The van der Waals surface area contributed by atoms with Gasteiger partial charge in [-0.3, -0.25) is 14.6 Å². The zero-order valence-electron chi connectivity index (χ0n) is 22.2. The Kier molecular flexibility index (Phi) is 8.52. The number of esters is 1. The topological polar surface area (TPSA) is 101 Å². The van der Waals surface area contributed by atoms with Crippen LogP contribution in [0.5, 0.6) is 11.5 Å². The highest BCUT2D eigenvalue weighted by Crippen LogP contribution is 2.35. The van der Waals surface area contributed by atoms with Crippen molar-refractivity contribution in [2.75, 3.05) is 60.6 Å². The van der Waals surface area contributed by atoms with Gasteiger partial charge in [0.2, 0.25) is 0 Å². The van der Waals surface area contributed by atoms with Crippen molar-refractivity contribution in [3.05, 3.63) is 70.9 Å². The number of hydrogen-bond acceptors (Lipinski definition) is 7. The summed E-state index contributed by atoms with van der Waals surface area (Å²) in [6.07, 6.45) is 0. The first-order chi connectivity index (χ1) is 18.4. The molecule has 1 fully saturated rings. The Morgan fingerprint density at radius 3 is 2.18 bits per heavy atom. The molecule has 0 saturated carbocycles. The molecule has 1 saturated heterocycles. The molecule has 3 amide bonds. The van der Waals surface area contributed by atoms with Gasteiger partial charge in [0, 0.05) is 57.1 Å². The molecule has 1 atom stereocenters. The predicted molar refractivity (Wildman–Crippen MR) is 141 cm³/mol. The van der Waals surface area contributed by atoms with Crippen LogP contribution in [0.25, 0.3) is 0 Å². The van der Waals surface area contributed by atoms with Crippen molar-refractivity contribution >= 4 is 17.9 Å². The maximum absolute atomic E-state index is 13.3. The number of nitrogens with zero attached hydrogens (tertiary/aromatic N) is 3. The van der Waals surface area contributed by atoms with Crippen LogP contribution in [0.4, 0.5) is 4.79 Å². The van der Waals surface area contributed by atoms with Crippen molar-refractivity contribution in [3.63, 3.8) is 0 Å². The Balaban J connectivity index is 1.62. The van der Waals surface area contributed by atoms with Crippen molar-refractivity contribution < 1.29 is 28.6 Å². The number of piperazine rings is 1. The number of nitrogens with one attached hydrogen (secondary N) is 1. The molecule has 38 heavy (non-hydrogen) atoms. The van der Waals surface area contributed by atoms with Gasteiger partial charge in [-0.1, -0.05) is 18.2 Å². The van der Waals surface area contributed by atoms with E-state index >= 15 is 0 Å². The number of methoxy groups -OCH3 is 2. The molecule has 0 aromatic heterocycles. The van der Waals surface area contributed by atoms with E-state index in [2.05, 4.69) is 10.2 Å². The molecule has 0 aliphatic carbocycles. The van der Waals surface area contributed by atoms with Crippen LogP contribution in [0.1, 0.15) is 28.9 Å². The van der Waals surface area contributed by atoms with Gasteiger partial charge in [0.05, 0.1) is 32.4 Å². The lowest BCUT2D eigenvalue weighted by Gasteiger charge is -2.39. The Morgan fingerprint density at radius 2 is 1.61 bits per heavy atom. The summed E-state index contributed by atoms with van der Waals surface area (Å²) in [4.78, 5) is 44.7. The van der Waals surface area contributed by atoms with Crippen molar-refractivity contribution in [1.29, 1.82) is 0 Å². The van der Waals surface area contributed by atoms with Gasteiger partial charge in [0.15, 0.2) is 0 Å². The second kappa shape index (κ2) is 12.0. The van der Waals surface area contributed by atoms with Gasteiger partial charge in [0.25, 0.3) is 5.91 Å². The maximum atomic E-state index is 13.3. The summed E-state index contributed by atoms with van der Waals surface area (Å²) in [5, 5.41) is 2.93. The Bertz CT molecular complexity index is 1180. The first kappa shape index (κ1) is 27.0. The van der Waals surface area contributed by atoms with E-state index in [-0.39, 0.29) is 18.5 Å². The minimum absolute atomic E-state index is 0.00197. The van der Waals surface area contributed by atoms with Gasteiger partial charge in [-0.2, -0.15) is 0 Å². The highest BCUT2D eigenvalue weighted by molar-refractivity contribution is 5.95. The zero-order valence-corrected chi connectivity index (χ0v) is 22.2. The van der Waals surface area contributed by atoms with Crippen molar-refractivity contribution in [2.45, 2.75) is 13.0 Å². The molecular weight excluding hydrogens is 488 g/mol. The van der Waals surface area contributed by atoms with Gasteiger partial charge in [0.1, 0.15) is 11.5 Å². The predicted octanol–water partition coefficient (Wildman–Crippen LogP) is 2.68. The quantitative estimate of drug-likeness (QED) is 0.532. The molecule has 2 aliphatic heterocycles. The third-order valence-corrected chi connectivity index (χ3v) is 6.83. The molecule has 10 heteroatoms. The summed E-state index contributed by atoms with van der Waals surface area (Å²) in [6.45, 7) is 4.58. The zero-order chi connectivity index (χ0) is 27.2. The number of rotatable bonds is 8. The monoisotopic (exact) mass is 522 g/mol. The lowest BCUT2D eigenvalue weighted by Crippen LogP contribution is -2.53. The maximum Gasteiger partial charge on any atom is 0.338 e.